The van der Waals surface area contributed by atoms with Gasteiger partial charge in [0.05, 0.1) is 13.0 Å². The number of rotatable bonds is 5. The first kappa shape index (κ1) is 15.0. The second-order valence-electron chi connectivity index (χ2n) is 4.57. The van der Waals surface area contributed by atoms with Crippen LogP contribution >= 0.6 is 0 Å². The van der Waals surface area contributed by atoms with E-state index < -0.39 is 6.09 Å². The van der Waals surface area contributed by atoms with Crippen LogP contribution in [0, 0.1) is 20.8 Å². The van der Waals surface area contributed by atoms with E-state index in [1.807, 2.05) is 20.8 Å². The predicted molar refractivity (Wildman–Crippen MR) is 72.9 cm³/mol. The standard InChI is InChI=1S/C14H20N2O3/c1-9-6-10(2)12(11(3)7-9)8-13(17)16-4-5-19-14(15)18/h6-7H,4-5,8H2,1-3H3,(H2,15,18)(H,16,17). The summed E-state index contributed by atoms with van der Waals surface area (Å²) in [6, 6.07) is 4.12. The highest BCUT2D eigenvalue weighted by atomic mass is 16.5. The van der Waals surface area contributed by atoms with Crippen molar-refractivity contribution in [2.75, 3.05) is 13.2 Å². The van der Waals surface area contributed by atoms with Gasteiger partial charge in [-0.15, -0.1) is 0 Å². The molecule has 0 bridgehead atoms. The summed E-state index contributed by atoms with van der Waals surface area (Å²) in [5, 5.41) is 2.68. The predicted octanol–water partition coefficient (Wildman–Crippen LogP) is 1.37. The minimum Gasteiger partial charge on any atom is -0.448 e. The van der Waals surface area contributed by atoms with Gasteiger partial charge in [0.15, 0.2) is 0 Å². The third-order valence-corrected chi connectivity index (χ3v) is 2.85. The lowest BCUT2D eigenvalue weighted by atomic mass is 9.97. The van der Waals surface area contributed by atoms with Crippen LogP contribution in [-0.4, -0.2) is 25.2 Å². The summed E-state index contributed by atoms with van der Waals surface area (Å²) in [7, 11) is 0. The summed E-state index contributed by atoms with van der Waals surface area (Å²) in [5.74, 6) is -0.0943. The van der Waals surface area contributed by atoms with Crippen LogP contribution in [0.4, 0.5) is 4.79 Å². The largest absolute Gasteiger partial charge is 0.448 e. The lowest BCUT2D eigenvalue weighted by Gasteiger charge is -2.11. The number of nitrogens with one attached hydrogen (secondary N) is 1. The second-order valence-corrected chi connectivity index (χ2v) is 4.57. The molecule has 0 heterocycles. The van der Waals surface area contributed by atoms with Gasteiger partial charge in [0.25, 0.3) is 0 Å². The number of nitrogens with two attached hydrogens (primary N) is 1. The Hall–Kier alpha value is -2.04. The Labute approximate surface area is 113 Å². The number of hydrogen-bond acceptors (Lipinski definition) is 3. The number of carbonyl (C=O) groups excluding carboxylic acids is 2. The van der Waals surface area contributed by atoms with Crippen LogP contribution in [0.2, 0.25) is 0 Å². The Morgan fingerprint density at radius 1 is 1.21 bits per heavy atom. The monoisotopic (exact) mass is 264 g/mol. The summed E-state index contributed by atoms with van der Waals surface area (Å²) in [4.78, 5) is 22.1. The number of carbonyl (C=O) groups is 2. The molecule has 104 valence electrons. The van der Waals surface area contributed by atoms with Crippen LogP contribution < -0.4 is 11.1 Å². The average Bonchev–Trinajstić information content (AvgIpc) is 2.29. The zero-order chi connectivity index (χ0) is 14.4. The zero-order valence-electron chi connectivity index (χ0n) is 11.6. The van der Waals surface area contributed by atoms with Gasteiger partial charge < -0.3 is 15.8 Å². The molecular formula is C14H20N2O3. The third kappa shape index (κ3) is 4.99. The van der Waals surface area contributed by atoms with Crippen LogP contribution in [0.25, 0.3) is 0 Å². The van der Waals surface area contributed by atoms with Gasteiger partial charge in [-0.3, -0.25) is 4.79 Å². The Balaban J connectivity index is 2.51. The average molecular weight is 264 g/mol. The van der Waals surface area contributed by atoms with Crippen LogP contribution in [0.5, 0.6) is 0 Å². The number of benzene rings is 1. The maximum absolute atomic E-state index is 11.8. The van der Waals surface area contributed by atoms with Crippen molar-refractivity contribution in [2.45, 2.75) is 27.2 Å². The van der Waals surface area contributed by atoms with Crippen molar-refractivity contribution in [2.24, 2.45) is 5.73 Å². The molecule has 0 unspecified atom stereocenters. The molecule has 0 aliphatic heterocycles. The van der Waals surface area contributed by atoms with E-state index in [0.717, 1.165) is 16.7 Å². The number of primary amides is 1. The fourth-order valence-electron chi connectivity index (χ4n) is 2.05. The molecule has 19 heavy (non-hydrogen) atoms. The molecule has 1 aromatic rings. The fourth-order valence-corrected chi connectivity index (χ4v) is 2.05. The zero-order valence-corrected chi connectivity index (χ0v) is 11.6. The van der Waals surface area contributed by atoms with Crippen molar-refractivity contribution >= 4 is 12.0 Å². The Bertz CT molecular complexity index is 461. The van der Waals surface area contributed by atoms with Gasteiger partial charge in [0.2, 0.25) is 5.91 Å². The summed E-state index contributed by atoms with van der Waals surface area (Å²) in [5.41, 5.74) is 9.27. The normalized spacial score (nSPS) is 10.1. The van der Waals surface area contributed by atoms with Crippen LogP contribution in [-0.2, 0) is 16.0 Å². The Morgan fingerprint density at radius 3 is 2.32 bits per heavy atom. The van der Waals surface area contributed by atoms with Crippen LogP contribution in [0.15, 0.2) is 12.1 Å². The maximum Gasteiger partial charge on any atom is 0.404 e. The van der Waals surface area contributed by atoms with Crippen molar-refractivity contribution in [3.05, 3.63) is 34.4 Å². The quantitative estimate of drug-likeness (QED) is 0.788. The molecule has 5 nitrogen and oxygen atoms in total. The second kappa shape index (κ2) is 6.78. The SMILES string of the molecule is Cc1cc(C)c(CC(=O)NCCOC(N)=O)c(C)c1. The third-order valence-electron chi connectivity index (χ3n) is 2.85. The minimum absolute atomic E-state index is 0.0902. The Morgan fingerprint density at radius 2 is 1.79 bits per heavy atom. The lowest BCUT2D eigenvalue weighted by molar-refractivity contribution is -0.120. The molecule has 0 spiro atoms. The van der Waals surface area contributed by atoms with Gasteiger partial charge in [0, 0.05) is 0 Å². The van der Waals surface area contributed by atoms with E-state index in [-0.39, 0.29) is 19.1 Å². The van der Waals surface area contributed by atoms with Crippen LogP contribution in [0.1, 0.15) is 22.3 Å². The van der Waals surface area contributed by atoms with Gasteiger partial charge in [0.1, 0.15) is 6.61 Å². The van der Waals surface area contributed by atoms with Gasteiger partial charge in [-0.2, -0.15) is 0 Å². The molecular weight excluding hydrogens is 244 g/mol. The van der Waals surface area contributed by atoms with E-state index in [9.17, 15) is 9.59 Å². The van der Waals surface area contributed by atoms with Gasteiger partial charge >= 0.3 is 6.09 Å². The van der Waals surface area contributed by atoms with E-state index in [4.69, 9.17) is 5.73 Å². The number of hydrogen-bond donors (Lipinski definition) is 2. The van der Waals surface area contributed by atoms with E-state index >= 15 is 0 Å². The van der Waals surface area contributed by atoms with Gasteiger partial charge in [-0.05, 0) is 37.5 Å². The molecule has 1 aromatic carbocycles. The smallest absolute Gasteiger partial charge is 0.404 e. The first-order chi connectivity index (χ1) is 8.90. The summed E-state index contributed by atoms with van der Waals surface area (Å²) >= 11 is 0. The highest BCUT2D eigenvalue weighted by molar-refractivity contribution is 5.79. The van der Waals surface area contributed by atoms with Gasteiger partial charge in [-0.1, -0.05) is 17.7 Å². The maximum atomic E-state index is 11.8. The van der Waals surface area contributed by atoms with Crippen LogP contribution in [0.3, 0.4) is 0 Å². The molecule has 0 fully saturated rings. The highest BCUT2D eigenvalue weighted by Crippen LogP contribution is 2.16. The Kier molecular flexibility index (Phi) is 5.36. The lowest BCUT2D eigenvalue weighted by Crippen LogP contribution is -2.30. The minimum atomic E-state index is -0.834. The number of aryl methyl sites for hydroxylation is 3. The van der Waals surface area contributed by atoms with Gasteiger partial charge in [-0.25, -0.2) is 4.79 Å². The number of ether oxygens (including phenoxy) is 1. The first-order valence-corrected chi connectivity index (χ1v) is 6.16. The van der Waals surface area contributed by atoms with Crippen molar-refractivity contribution in [1.29, 1.82) is 0 Å². The molecule has 0 saturated heterocycles. The van der Waals surface area contributed by atoms with E-state index in [0.29, 0.717) is 6.42 Å². The molecule has 5 heteroatoms. The van der Waals surface area contributed by atoms with Crippen molar-refractivity contribution in [1.82, 2.24) is 5.32 Å². The molecule has 0 aromatic heterocycles. The summed E-state index contributed by atoms with van der Waals surface area (Å²) in [6.07, 6.45) is -0.506. The number of amides is 2. The van der Waals surface area contributed by atoms with Crippen molar-refractivity contribution in [3.8, 4) is 0 Å². The van der Waals surface area contributed by atoms with Crippen molar-refractivity contribution in [3.63, 3.8) is 0 Å². The van der Waals surface area contributed by atoms with E-state index in [1.54, 1.807) is 0 Å². The molecule has 0 saturated carbocycles. The highest BCUT2D eigenvalue weighted by Gasteiger charge is 2.09. The summed E-state index contributed by atoms with van der Waals surface area (Å²) in [6.45, 7) is 6.39. The molecule has 2 amide bonds. The molecule has 0 aliphatic rings. The molecule has 0 aliphatic carbocycles. The fraction of sp³-hybridized carbons (Fsp3) is 0.429. The van der Waals surface area contributed by atoms with E-state index in [2.05, 4.69) is 22.2 Å². The van der Waals surface area contributed by atoms with E-state index in [1.165, 1.54) is 5.56 Å². The molecule has 0 radical (unpaired) electrons. The first-order valence-electron chi connectivity index (χ1n) is 6.16. The molecule has 3 N–H and O–H groups in total. The topological polar surface area (TPSA) is 81.4 Å². The van der Waals surface area contributed by atoms with Crippen molar-refractivity contribution < 1.29 is 14.3 Å². The molecule has 1 rings (SSSR count). The molecule has 0 atom stereocenters. The summed E-state index contributed by atoms with van der Waals surface area (Å²) < 4.78 is 4.53.